The molecule has 1 aliphatic carbocycles. The van der Waals surface area contributed by atoms with Gasteiger partial charge in [0.25, 0.3) is 0 Å². The van der Waals surface area contributed by atoms with Gasteiger partial charge in [0.1, 0.15) is 0 Å². The van der Waals surface area contributed by atoms with Gasteiger partial charge in [0.2, 0.25) is 0 Å². The first kappa shape index (κ1) is 13.3. The van der Waals surface area contributed by atoms with E-state index >= 15 is 0 Å². The topological polar surface area (TPSA) is 0 Å². The minimum atomic E-state index is 1.25. The fourth-order valence-corrected chi connectivity index (χ4v) is 3.75. The summed E-state index contributed by atoms with van der Waals surface area (Å²) >= 11 is 0. The van der Waals surface area contributed by atoms with Gasteiger partial charge in [0.05, 0.1) is 0 Å². The van der Waals surface area contributed by atoms with E-state index in [0.717, 1.165) is 0 Å². The van der Waals surface area contributed by atoms with Gasteiger partial charge in [0.15, 0.2) is 0 Å². The molecule has 4 aromatic rings. The van der Waals surface area contributed by atoms with Crippen LogP contribution < -0.4 is 0 Å². The molecule has 4 aromatic carbocycles. The Balaban J connectivity index is 2.01. The Morgan fingerprint density at radius 3 is 1.12 bits per heavy atom. The zero-order valence-corrected chi connectivity index (χ0v) is 13.2. The third-order valence-corrected chi connectivity index (χ3v) is 4.81. The SMILES string of the molecule is [c]1ccc2c(c1)-c1ccccc1-c1ccccc1-c1ccccc1-2. The van der Waals surface area contributed by atoms with Crippen LogP contribution in [0.2, 0.25) is 0 Å². The predicted molar refractivity (Wildman–Crippen MR) is 101 cm³/mol. The van der Waals surface area contributed by atoms with Crippen molar-refractivity contribution in [3.05, 3.63) is 97.1 Å². The maximum Gasteiger partial charge on any atom is -0.00928 e. The summed E-state index contributed by atoms with van der Waals surface area (Å²) in [6.45, 7) is 0. The van der Waals surface area contributed by atoms with Crippen molar-refractivity contribution in [3.63, 3.8) is 0 Å². The minimum Gasteiger partial charge on any atom is -0.0616 e. The molecule has 0 aromatic heterocycles. The molecule has 1 aliphatic rings. The summed E-state index contributed by atoms with van der Waals surface area (Å²) in [7, 11) is 0. The van der Waals surface area contributed by atoms with Crippen LogP contribution >= 0.6 is 0 Å². The third-order valence-electron chi connectivity index (χ3n) is 4.81. The molecule has 0 heteroatoms. The summed E-state index contributed by atoms with van der Waals surface area (Å²) in [5.41, 5.74) is 10.2. The summed E-state index contributed by atoms with van der Waals surface area (Å²) in [5, 5.41) is 0. The average molecular weight is 303 g/mol. The number of hydrogen-bond donors (Lipinski definition) is 0. The molecule has 0 saturated carbocycles. The number of fused-ring (bicyclic) bond motifs is 8. The molecule has 0 amide bonds. The van der Waals surface area contributed by atoms with Gasteiger partial charge in [-0.15, -0.1) is 0 Å². The second-order valence-electron chi connectivity index (χ2n) is 6.11. The van der Waals surface area contributed by atoms with Crippen LogP contribution in [0.4, 0.5) is 0 Å². The second kappa shape index (κ2) is 5.21. The number of rotatable bonds is 0. The van der Waals surface area contributed by atoms with Gasteiger partial charge in [0, 0.05) is 0 Å². The Labute approximate surface area is 142 Å². The minimum absolute atomic E-state index is 1.25. The molecule has 0 unspecified atom stereocenters. The zero-order chi connectivity index (χ0) is 15.9. The lowest BCUT2D eigenvalue weighted by Crippen LogP contribution is -1.96. The molecule has 111 valence electrons. The van der Waals surface area contributed by atoms with Crippen molar-refractivity contribution < 1.29 is 0 Å². The van der Waals surface area contributed by atoms with Crippen LogP contribution in [-0.4, -0.2) is 0 Å². The summed E-state index contributed by atoms with van der Waals surface area (Å²) in [6.07, 6.45) is 0. The van der Waals surface area contributed by atoms with Crippen molar-refractivity contribution >= 4 is 0 Å². The lowest BCUT2D eigenvalue weighted by atomic mass is 9.81. The quantitative estimate of drug-likeness (QED) is 0.307. The maximum absolute atomic E-state index is 3.26. The van der Waals surface area contributed by atoms with Crippen LogP contribution in [0.1, 0.15) is 0 Å². The van der Waals surface area contributed by atoms with Gasteiger partial charge >= 0.3 is 0 Å². The molecule has 5 rings (SSSR count). The number of hydrogen-bond acceptors (Lipinski definition) is 0. The van der Waals surface area contributed by atoms with Crippen LogP contribution in [0.3, 0.4) is 0 Å². The van der Waals surface area contributed by atoms with Crippen molar-refractivity contribution in [1.82, 2.24) is 0 Å². The Morgan fingerprint density at radius 1 is 0.375 bits per heavy atom. The third kappa shape index (κ3) is 1.87. The van der Waals surface area contributed by atoms with E-state index in [9.17, 15) is 0 Å². The zero-order valence-electron chi connectivity index (χ0n) is 13.2. The van der Waals surface area contributed by atoms with Gasteiger partial charge in [-0.3, -0.25) is 0 Å². The van der Waals surface area contributed by atoms with Gasteiger partial charge in [-0.2, -0.15) is 0 Å². The predicted octanol–water partition coefficient (Wildman–Crippen LogP) is 6.47. The highest BCUT2D eigenvalue weighted by Gasteiger charge is 2.20. The van der Waals surface area contributed by atoms with Crippen molar-refractivity contribution in [2.45, 2.75) is 0 Å². The molecule has 0 atom stereocenters. The highest BCUT2D eigenvalue weighted by molar-refractivity contribution is 6.02. The Kier molecular flexibility index (Phi) is 2.89. The smallest absolute Gasteiger partial charge is 0.00928 e. The molecule has 0 N–H and O–H groups in total. The monoisotopic (exact) mass is 303 g/mol. The Hall–Kier alpha value is -3.12. The van der Waals surface area contributed by atoms with Crippen LogP contribution in [0, 0.1) is 6.07 Å². The van der Waals surface area contributed by atoms with Crippen LogP contribution in [0.25, 0.3) is 44.5 Å². The standard InChI is InChI=1S/C24H15/c1-2-10-18-17(9-1)19-11-3-4-13-21(19)23-15-7-8-16-24(23)22-14-6-5-12-20(18)22/h1-7,9-16H. The second-order valence-corrected chi connectivity index (χ2v) is 6.11. The molecule has 0 saturated heterocycles. The summed E-state index contributed by atoms with van der Waals surface area (Å²) in [6, 6.07) is 35.6. The van der Waals surface area contributed by atoms with E-state index in [4.69, 9.17) is 0 Å². The largest absolute Gasteiger partial charge is 0.0616 e. The van der Waals surface area contributed by atoms with Crippen LogP contribution in [0.15, 0.2) is 91.0 Å². The van der Waals surface area contributed by atoms with E-state index in [0.29, 0.717) is 0 Å². The van der Waals surface area contributed by atoms with Crippen LogP contribution in [-0.2, 0) is 0 Å². The number of benzene rings is 4. The molecule has 0 spiro atoms. The van der Waals surface area contributed by atoms with Crippen molar-refractivity contribution in [1.29, 1.82) is 0 Å². The molecule has 24 heavy (non-hydrogen) atoms. The maximum atomic E-state index is 3.26. The van der Waals surface area contributed by atoms with Gasteiger partial charge in [-0.1, -0.05) is 84.9 Å². The molecule has 0 aliphatic heterocycles. The lowest BCUT2D eigenvalue weighted by molar-refractivity contribution is 1.52. The Morgan fingerprint density at radius 2 is 0.708 bits per heavy atom. The van der Waals surface area contributed by atoms with Crippen LogP contribution in [0.5, 0.6) is 0 Å². The lowest BCUT2D eigenvalue weighted by Gasteiger charge is -2.22. The summed E-state index contributed by atoms with van der Waals surface area (Å²) in [4.78, 5) is 0. The first-order valence-electron chi connectivity index (χ1n) is 8.22. The Bertz CT molecular complexity index is 769. The van der Waals surface area contributed by atoms with E-state index < -0.39 is 0 Å². The van der Waals surface area contributed by atoms with E-state index in [1.165, 1.54) is 44.5 Å². The van der Waals surface area contributed by atoms with Crippen molar-refractivity contribution in [2.75, 3.05) is 0 Å². The molecular weight excluding hydrogens is 288 g/mol. The fourth-order valence-electron chi connectivity index (χ4n) is 3.75. The highest BCUT2D eigenvalue weighted by atomic mass is 14.2. The van der Waals surface area contributed by atoms with Crippen molar-refractivity contribution in [3.8, 4) is 44.5 Å². The van der Waals surface area contributed by atoms with E-state index in [1.54, 1.807) is 0 Å². The van der Waals surface area contributed by atoms with E-state index in [1.807, 2.05) is 6.07 Å². The van der Waals surface area contributed by atoms with E-state index in [-0.39, 0.29) is 0 Å². The molecule has 0 nitrogen and oxygen atoms in total. The molecular formula is C24H15. The van der Waals surface area contributed by atoms with Gasteiger partial charge < -0.3 is 0 Å². The van der Waals surface area contributed by atoms with Gasteiger partial charge in [-0.25, -0.2) is 0 Å². The normalized spacial score (nSPS) is 11.3. The van der Waals surface area contributed by atoms with Crippen molar-refractivity contribution in [2.24, 2.45) is 0 Å². The first-order chi connectivity index (χ1) is 11.9. The summed E-state index contributed by atoms with van der Waals surface area (Å²) in [5.74, 6) is 0. The summed E-state index contributed by atoms with van der Waals surface area (Å²) < 4.78 is 0. The van der Waals surface area contributed by atoms with E-state index in [2.05, 4.69) is 91.0 Å². The molecule has 1 radical (unpaired) electrons. The molecule has 0 bridgehead atoms. The highest BCUT2D eigenvalue weighted by Crippen LogP contribution is 2.46. The first-order valence-corrected chi connectivity index (χ1v) is 8.22. The fraction of sp³-hybridized carbons (Fsp3) is 0. The van der Waals surface area contributed by atoms with Gasteiger partial charge in [-0.05, 0) is 56.6 Å². The average Bonchev–Trinajstić information content (AvgIpc) is 2.67. The molecule has 0 fully saturated rings. The molecule has 0 heterocycles.